The van der Waals surface area contributed by atoms with Gasteiger partial charge in [-0.3, -0.25) is 9.59 Å². The summed E-state index contributed by atoms with van der Waals surface area (Å²) < 4.78 is 1.70. The van der Waals surface area contributed by atoms with Crippen molar-refractivity contribution >= 4 is 29.2 Å². The predicted molar refractivity (Wildman–Crippen MR) is 131 cm³/mol. The van der Waals surface area contributed by atoms with E-state index in [0.717, 1.165) is 49.0 Å². The zero-order chi connectivity index (χ0) is 23.2. The molecule has 7 heteroatoms. The molecule has 0 radical (unpaired) electrons. The molecule has 172 valence electrons. The fourth-order valence-corrected chi connectivity index (χ4v) is 4.01. The van der Waals surface area contributed by atoms with Gasteiger partial charge >= 0.3 is 0 Å². The SMILES string of the molecule is CCCCN(CC(=O)Nc1cc(-c2ccccc2)nn1-c1ccc(Cl)cc1)C(=O)C1CCC1. The molecule has 1 fully saturated rings. The molecular formula is C26H29ClN4O2. The zero-order valence-electron chi connectivity index (χ0n) is 18.8. The van der Waals surface area contributed by atoms with Gasteiger partial charge in [-0.25, -0.2) is 4.68 Å². The van der Waals surface area contributed by atoms with E-state index in [1.807, 2.05) is 48.5 Å². The number of carbonyl (C=O) groups excluding carboxylic acids is 2. The Kier molecular flexibility index (Phi) is 7.45. The number of halogens is 1. The van der Waals surface area contributed by atoms with Crippen molar-refractivity contribution in [3.8, 4) is 16.9 Å². The Bertz CT molecular complexity index is 1090. The third-order valence-electron chi connectivity index (χ3n) is 6.00. The molecule has 1 aliphatic carbocycles. The summed E-state index contributed by atoms with van der Waals surface area (Å²) in [5.74, 6) is 0.487. The summed E-state index contributed by atoms with van der Waals surface area (Å²) in [6, 6.07) is 18.9. The van der Waals surface area contributed by atoms with Crippen molar-refractivity contribution in [2.24, 2.45) is 5.92 Å². The van der Waals surface area contributed by atoms with E-state index in [2.05, 4.69) is 12.2 Å². The van der Waals surface area contributed by atoms with Gasteiger partial charge in [0.2, 0.25) is 11.8 Å². The van der Waals surface area contributed by atoms with Crippen molar-refractivity contribution < 1.29 is 9.59 Å². The molecule has 0 saturated heterocycles. The number of hydrogen-bond donors (Lipinski definition) is 1. The highest BCUT2D eigenvalue weighted by Crippen LogP contribution is 2.29. The molecule has 33 heavy (non-hydrogen) atoms. The van der Waals surface area contributed by atoms with Crippen molar-refractivity contribution in [2.45, 2.75) is 39.0 Å². The van der Waals surface area contributed by atoms with Crippen molar-refractivity contribution in [1.29, 1.82) is 0 Å². The maximum Gasteiger partial charge on any atom is 0.245 e. The summed E-state index contributed by atoms with van der Waals surface area (Å²) in [4.78, 5) is 27.6. The lowest BCUT2D eigenvalue weighted by Gasteiger charge is -2.31. The van der Waals surface area contributed by atoms with Gasteiger partial charge in [0.1, 0.15) is 5.82 Å². The van der Waals surface area contributed by atoms with Crippen LogP contribution in [-0.4, -0.2) is 39.6 Å². The molecule has 0 unspecified atom stereocenters. The Morgan fingerprint density at radius 3 is 2.48 bits per heavy atom. The highest BCUT2D eigenvalue weighted by Gasteiger charge is 2.30. The van der Waals surface area contributed by atoms with Crippen molar-refractivity contribution in [3.63, 3.8) is 0 Å². The van der Waals surface area contributed by atoms with Gasteiger partial charge in [-0.1, -0.05) is 61.7 Å². The first-order valence-corrected chi connectivity index (χ1v) is 11.9. The van der Waals surface area contributed by atoms with Crippen molar-refractivity contribution in [2.75, 3.05) is 18.4 Å². The van der Waals surface area contributed by atoms with Crippen LogP contribution in [0.5, 0.6) is 0 Å². The lowest BCUT2D eigenvalue weighted by molar-refractivity contribution is -0.140. The molecule has 1 heterocycles. The molecule has 1 aliphatic rings. The smallest absolute Gasteiger partial charge is 0.245 e. The van der Waals surface area contributed by atoms with E-state index in [1.54, 1.807) is 21.7 Å². The van der Waals surface area contributed by atoms with Gasteiger partial charge in [-0.2, -0.15) is 5.10 Å². The van der Waals surface area contributed by atoms with Crippen LogP contribution in [-0.2, 0) is 9.59 Å². The van der Waals surface area contributed by atoms with Crippen LogP contribution in [0.2, 0.25) is 5.02 Å². The molecule has 1 N–H and O–H groups in total. The second-order valence-electron chi connectivity index (χ2n) is 8.46. The first-order valence-electron chi connectivity index (χ1n) is 11.5. The molecule has 4 rings (SSSR count). The molecular weight excluding hydrogens is 436 g/mol. The molecule has 0 atom stereocenters. The van der Waals surface area contributed by atoms with Gasteiger partial charge in [0.25, 0.3) is 0 Å². The average Bonchev–Trinajstić information content (AvgIpc) is 3.20. The minimum absolute atomic E-state index is 0.0435. The second kappa shape index (κ2) is 10.7. The van der Waals surface area contributed by atoms with Gasteiger partial charge in [0.15, 0.2) is 0 Å². The molecule has 0 aliphatic heterocycles. The summed E-state index contributed by atoms with van der Waals surface area (Å²) in [5.41, 5.74) is 2.48. The Hall–Kier alpha value is -3.12. The van der Waals surface area contributed by atoms with Crippen LogP contribution < -0.4 is 5.32 Å². The fraction of sp³-hybridized carbons (Fsp3) is 0.346. The second-order valence-corrected chi connectivity index (χ2v) is 8.89. The lowest BCUT2D eigenvalue weighted by Crippen LogP contribution is -2.43. The van der Waals surface area contributed by atoms with Crippen molar-refractivity contribution in [1.82, 2.24) is 14.7 Å². The Morgan fingerprint density at radius 1 is 1.12 bits per heavy atom. The molecule has 0 spiro atoms. The summed E-state index contributed by atoms with van der Waals surface area (Å²) in [7, 11) is 0. The predicted octanol–water partition coefficient (Wildman–Crippen LogP) is 5.56. The van der Waals surface area contributed by atoms with Crippen LogP contribution in [0.25, 0.3) is 16.9 Å². The van der Waals surface area contributed by atoms with Gasteiger partial charge in [0, 0.05) is 29.1 Å². The number of aromatic nitrogens is 2. The van der Waals surface area contributed by atoms with E-state index in [9.17, 15) is 9.59 Å². The number of hydrogen-bond acceptors (Lipinski definition) is 3. The van der Waals surface area contributed by atoms with E-state index in [0.29, 0.717) is 17.4 Å². The quantitative estimate of drug-likeness (QED) is 0.450. The zero-order valence-corrected chi connectivity index (χ0v) is 19.6. The molecule has 1 saturated carbocycles. The van der Waals surface area contributed by atoms with Crippen LogP contribution in [0.3, 0.4) is 0 Å². The first-order chi connectivity index (χ1) is 16.0. The molecule has 2 amide bonds. The number of carbonyl (C=O) groups is 2. The summed E-state index contributed by atoms with van der Waals surface area (Å²) >= 11 is 6.06. The van der Waals surface area contributed by atoms with Crippen LogP contribution in [0.4, 0.5) is 5.82 Å². The van der Waals surface area contributed by atoms with Crippen LogP contribution in [0, 0.1) is 5.92 Å². The number of anilines is 1. The van der Waals surface area contributed by atoms with E-state index in [-0.39, 0.29) is 24.3 Å². The normalized spacial score (nSPS) is 13.4. The van der Waals surface area contributed by atoms with Gasteiger partial charge in [-0.05, 0) is 43.5 Å². The topological polar surface area (TPSA) is 67.2 Å². The first kappa shape index (κ1) is 23.1. The lowest BCUT2D eigenvalue weighted by atomic mass is 9.84. The Balaban J connectivity index is 1.57. The van der Waals surface area contributed by atoms with Crippen LogP contribution >= 0.6 is 11.6 Å². The number of unbranched alkanes of at least 4 members (excludes halogenated alkanes) is 1. The summed E-state index contributed by atoms with van der Waals surface area (Å²) in [5, 5.41) is 8.34. The Labute approximate surface area is 199 Å². The van der Waals surface area contributed by atoms with Gasteiger partial charge < -0.3 is 10.2 Å². The monoisotopic (exact) mass is 464 g/mol. The highest BCUT2D eigenvalue weighted by atomic mass is 35.5. The number of nitrogens with one attached hydrogen (secondary N) is 1. The van der Waals surface area contributed by atoms with Crippen LogP contribution in [0.15, 0.2) is 60.7 Å². The van der Waals surface area contributed by atoms with E-state index in [1.165, 1.54) is 0 Å². The van der Waals surface area contributed by atoms with Crippen molar-refractivity contribution in [3.05, 3.63) is 65.7 Å². The molecule has 0 bridgehead atoms. The summed E-state index contributed by atoms with van der Waals surface area (Å²) in [6.07, 6.45) is 4.79. The number of benzene rings is 2. The average molecular weight is 465 g/mol. The van der Waals surface area contributed by atoms with Crippen LogP contribution in [0.1, 0.15) is 39.0 Å². The minimum Gasteiger partial charge on any atom is -0.333 e. The standard InChI is InChI=1S/C26H29ClN4O2/c1-2-3-16-30(26(33)20-10-7-11-20)18-25(32)28-24-17-23(19-8-5-4-6-9-19)29-31(24)22-14-12-21(27)13-15-22/h4-6,8-9,12-15,17,20H,2-3,7,10-11,16,18H2,1H3,(H,28,32). The Morgan fingerprint density at radius 2 is 1.85 bits per heavy atom. The molecule has 1 aromatic heterocycles. The molecule has 3 aromatic rings. The summed E-state index contributed by atoms with van der Waals surface area (Å²) in [6.45, 7) is 2.73. The number of rotatable bonds is 9. The van der Waals surface area contributed by atoms with E-state index >= 15 is 0 Å². The van der Waals surface area contributed by atoms with E-state index in [4.69, 9.17) is 16.7 Å². The van der Waals surface area contributed by atoms with Gasteiger partial charge in [0.05, 0.1) is 17.9 Å². The maximum absolute atomic E-state index is 13.0. The number of amides is 2. The number of nitrogens with zero attached hydrogens (tertiary/aromatic N) is 3. The molecule has 2 aromatic carbocycles. The highest BCUT2D eigenvalue weighted by molar-refractivity contribution is 6.30. The molecule has 6 nitrogen and oxygen atoms in total. The van der Waals surface area contributed by atoms with E-state index < -0.39 is 0 Å². The third-order valence-corrected chi connectivity index (χ3v) is 6.25. The largest absolute Gasteiger partial charge is 0.333 e. The third kappa shape index (κ3) is 5.63. The van der Waals surface area contributed by atoms with Gasteiger partial charge in [-0.15, -0.1) is 0 Å². The fourth-order valence-electron chi connectivity index (χ4n) is 3.88. The minimum atomic E-state index is -0.228. The maximum atomic E-state index is 13.0.